The van der Waals surface area contributed by atoms with Gasteiger partial charge in [0.15, 0.2) is 0 Å². The Morgan fingerprint density at radius 3 is 2.62 bits per heavy atom. The van der Waals surface area contributed by atoms with Gasteiger partial charge in [0.25, 0.3) is 5.56 Å². The molecular formula is C19H18F3N5O2. The third-order valence-corrected chi connectivity index (χ3v) is 4.21. The Hall–Kier alpha value is -3.43. The van der Waals surface area contributed by atoms with Gasteiger partial charge in [-0.05, 0) is 30.7 Å². The van der Waals surface area contributed by atoms with Crippen LogP contribution < -0.4 is 16.2 Å². The maximum Gasteiger partial charge on any atom is 0.417 e. The van der Waals surface area contributed by atoms with Crippen LogP contribution in [0.15, 0.2) is 47.7 Å². The second-order valence-corrected chi connectivity index (χ2v) is 6.36. The number of aryl methyl sites for hydroxylation is 1. The van der Waals surface area contributed by atoms with Crippen LogP contribution in [0.25, 0.3) is 10.9 Å². The quantitative estimate of drug-likeness (QED) is 0.615. The highest BCUT2D eigenvalue weighted by Crippen LogP contribution is 2.28. The van der Waals surface area contributed by atoms with E-state index in [9.17, 15) is 22.8 Å². The molecule has 3 rings (SSSR count). The fourth-order valence-corrected chi connectivity index (χ4v) is 2.72. The second-order valence-electron chi connectivity index (χ2n) is 6.36. The van der Waals surface area contributed by atoms with Crippen LogP contribution >= 0.6 is 0 Å². The number of carbonyl (C=O) groups is 1. The lowest BCUT2D eigenvalue weighted by Gasteiger charge is -2.10. The minimum absolute atomic E-state index is 0.186. The third kappa shape index (κ3) is 4.89. The molecule has 2 aromatic heterocycles. The number of rotatable bonds is 6. The van der Waals surface area contributed by atoms with Gasteiger partial charge in [-0.25, -0.2) is 9.97 Å². The molecule has 152 valence electrons. The normalized spacial score (nSPS) is 11.4. The Bertz CT molecular complexity index is 1080. The summed E-state index contributed by atoms with van der Waals surface area (Å²) in [5.74, 6) is -0.124. The molecule has 0 atom stereocenters. The molecule has 3 aromatic rings. The zero-order valence-electron chi connectivity index (χ0n) is 15.5. The molecular weight excluding hydrogens is 387 g/mol. The van der Waals surface area contributed by atoms with Crippen LogP contribution in [0.1, 0.15) is 11.1 Å². The maximum atomic E-state index is 12.5. The summed E-state index contributed by atoms with van der Waals surface area (Å²) >= 11 is 0. The average Bonchev–Trinajstić information content (AvgIpc) is 2.68. The predicted molar refractivity (Wildman–Crippen MR) is 101 cm³/mol. The summed E-state index contributed by atoms with van der Waals surface area (Å²) in [6, 6.07) is 7.41. The van der Waals surface area contributed by atoms with Gasteiger partial charge < -0.3 is 10.6 Å². The molecule has 0 fully saturated rings. The SMILES string of the molecule is Cc1cccc2c(=O)n(CC(=O)NCCNc3ccc(C(F)(F)F)cn3)cnc12. The zero-order chi connectivity index (χ0) is 21.0. The average molecular weight is 405 g/mol. The van der Waals surface area contributed by atoms with Crippen molar-refractivity contribution in [1.29, 1.82) is 0 Å². The first-order chi connectivity index (χ1) is 13.8. The summed E-state index contributed by atoms with van der Waals surface area (Å²) in [5, 5.41) is 5.88. The lowest BCUT2D eigenvalue weighted by molar-refractivity contribution is -0.137. The van der Waals surface area contributed by atoms with E-state index in [0.29, 0.717) is 10.9 Å². The van der Waals surface area contributed by atoms with Crippen LogP contribution in [0.4, 0.5) is 19.0 Å². The van der Waals surface area contributed by atoms with Crippen molar-refractivity contribution in [3.8, 4) is 0 Å². The number of nitrogens with one attached hydrogen (secondary N) is 2. The van der Waals surface area contributed by atoms with Gasteiger partial charge in [-0.15, -0.1) is 0 Å². The van der Waals surface area contributed by atoms with Crippen molar-refractivity contribution in [3.63, 3.8) is 0 Å². The van der Waals surface area contributed by atoms with Crippen molar-refractivity contribution in [3.05, 3.63) is 64.3 Å². The van der Waals surface area contributed by atoms with Gasteiger partial charge in [-0.3, -0.25) is 14.2 Å². The van der Waals surface area contributed by atoms with Crippen molar-refractivity contribution < 1.29 is 18.0 Å². The van der Waals surface area contributed by atoms with E-state index in [1.165, 1.54) is 17.0 Å². The van der Waals surface area contributed by atoms with E-state index in [-0.39, 0.29) is 36.9 Å². The summed E-state index contributed by atoms with van der Waals surface area (Å²) in [6.45, 7) is 2.13. The van der Waals surface area contributed by atoms with Crippen LogP contribution in [-0.4, -0.2) is 33.5 Å². The van der Waals surface area contributed by atoms with Gasteiger partial charge in [0.1, 0.15) is 12.4 Å². The monoisotopic (exact) mass is 405 g/mol. The molecule has 7 nitrogen and oxygen atoms in total. The molecule has 0 spiro atoms. The lowest BCUT2D eigenvalue weighted by atomic mass is 10.1. The molecule has 0 bridgehead atoms. The van der Waals surface area contributed by atoms with Crippen LogP contribution in [0, 0.1) is 6.92 Å². The van der Waals surface area contributed by atoms with Crippen LogP contribution in [0.3, 0.4) is 0 Å². The standard InChI is InChI=1S/C19H18F3N5O2/c1-12-3-2-4-14-17(12)26-11-27(18(14)29)10-16(28)24-8-7-23-15-6-5-13(9-25-15)19(20,21)22/h2-6,9,11H,7-8,10H2,1H3,(H,23,25)(H,24,28). The number of nitrogens with zero attached hydrogens (tertiary/aromatic N) is 3. The van der Waals surface area contributed by atoms with Gasteiger partial charge in [-0.2, -0.15) is 13.2 Å². The number of para-hydroxylation sites is 1. The molecule has 10 heteroatoms. The van der Waals surface area contributed by atoms with E-state index in [1.54, 1.807) is 12.1 Å². The van der Waals surface area contributed by atoms with Crippen LogP contribution in [-0.2, 0) is 17.5 Å². The Balaban J connectivity index is 1.51. The van der Waals surface area contributed by atoms with Crippen molar-refractivity contribution in [2.45, 2.75) is 19.6 Å². The number of amides is 1. The minimum Gasteiger partial charge on any atom is -0.368 e. The largest absolute Gasteiger partial charge is 0.417 e. The third-order valence-electron chi connectivity index (χ3n) is 4.21. The Labute approximate surface area is 163 Å². The summed E-state index contributed by atoms with van der Waals surface area (Å²) in [5.41, 5.74) is 0.337. The second kappa shape index (κ2) is 8.29. The highest BCUT2D eigenvalue weighted by Gasteiger charge is 2.30. The maximum absolute atomic E-state index is 12.5. The topological polar surface area (TPSA) is 88.9 Å². The Morgan fingerprint density at radius 2 is 1.93 bits per heavy atom. The molecule has 2 heterocycles. The Kier molecular flexibility index (Phi) is 5.81. The number of carbonyl (C=O) groups excluding carboxylic acids is 1. The number of aromatic nitrogens is 3. The van der Waals surface area contributed by atoms with Crippen LogP contribution in [0.5, 0.6) is 0 Å². The fourth-order valence-electron chi connectivity index (χ4n) is 2.72. The number of hydrogen-bond donors (Lipinski definition) is 2. The first kappa shape index (κ1) is 20.3. The van der Waals surface area contributed by atoms with Crippen molar-refractivity contribution in [2.24, 2.45) is 0 Å². The highest BCUT2D eigenvalue weighted by atomic mass is 19.4. The number of alkyl halides is 3. The molecule has 0 radical (unpaired) electrons. The first-order valence-electron chi connectivity index (χ1n) is 8.74. The molecule has 29 heavy (non-hydrogen) atoms. The molecule has 1 amide bonds. The predicted octanol–water partition coefficient (Wildman–Crippen LogP) is 2.35. The van der Waals surface area contributed by atoms with E-state index >= 15 is 0 Å². The summed E-state index contributed by atoms with van der Waals surface area (Å²) in [6.07, 6.45) is -2.36. The molecule has 0 saturated heterocycles. The highest BCUT2D eigenvalue weighted by molar-refractivity contribution is 5.81. The van der Waals surface area contributed by atoms with Crippen molar-refractivity contribution in [1.82, 2.24) is 19.9 Å². The summed E-state index contributed by atoms with van der Waals surface area (Å²) < 4.78 is 38.7. The number of benzene rings is 1. The van der Waals surface area contributed by atoms with E-state index < -0.39 is 11.7 Å². The van der Waals surface area contributed by atoms with Gasteiger partial charge in [-0.1, -0.05) is 12.1 Å². The first-order valence-corrected chi connectivity index (χ1v) is 8.74. The van der Waals surface area contributed by atoms with Gasteiger partial charge in [0, 0.05) is 19.3 Å². The number of pyridine rings is 1. The summed E-state index contributed by atoms with van der Waals surface area (Å²) in [7, 11) is 0. The van der Waals surface area contributed by atoms with E-state index in [1.807, 2.05) is 13.0 Å². The number of anilines is 1. The van der Waals surface area contributed by atoms with Gasteiger partial charge >= 0.3 is 6.18 Å². The van der Waals surface area contributed by atoms with E-state index in [0.717, 1.165) is 17.8 Å². The van der Waals surface area contributed by atoms with Gasteiger partial charge in [0.05, 0.1) is 22.8 Å². The molecule has 0 aliphatic heterocycles. The van der Waals surface area contributed by atoms with E-state index in [2.05, 4.69) is 20.6 Å². The molecule has 0 saturated carbocycles. The van der Waals surface area contributed by atoms with Gasteiger partial charge in [0.2, 0.25) is 5.91 Å². The lowest BCUT2D eigenvalue weighted by Crippen LogP contribution is -2.35. The van der Waals surface area contributed by atoms with Crippen LogP contribution in [0.2, 0.25) is 0 Å². The Morgan fingerprint density at radius 1 is 1.14 bits per heavy atom. The molecule has 0 aliphatic carbocycles. The fraction of sp³-hybridized carbons (Fsp3) is 0.263. The zero-order valence-corrected chi connectivity index (χ0v) is 15.5. The van der Waals surface area contributed by atoms with E-state index in [4.69, 9.17) is 0 Å². The molecule has 0 unspecified atom stereocenters. The number of halogens is 3. The van der Waals surface area contributed by atoms with Crippen molar-refractivity contribution >= 4 is 22.6 Å². The molecule has 1 aromatic carbocycles. The number of fused-ring (bicyclic) bond motifs is 1. The smallest absolute Gasteiger partial charge is 0.368 e. The minimum atomic E-state index is -4.44. The molecule has 0 aliphatic rings. The van der Waals surface area contributed by atoms with Crippen molar-refractivity contribution in [2.75, 3.05) is 18.4 Å². The summed E-state index contributed by atoms with van der Waals surface area (Å²) in [4.78, 5) is 32.5. The molecule has 2 N–H and O–H groups in total. The number of hydrogen-bond acceptors (Lipinski definition) is 5.